The Balaban J connectivity index is 5.19. The molecule has 0 fully saturated rings. The standard InChI is InChI=1S/C23H41N9O9/c1-11(2)18(32-16(34)10-28-19(37)12(3)24)21(39)29-9-15(33)30-13(6-7-17(35)36)20(38)31-14(22(40)41)5-4-8-27-23(25)26/h11-14,18H,4-10,24H2,1-3H3,(H,28,37)(H,29,39)(H,30,33)(H,31,38)(H,32,34)(H,35,36)(H,40,41)(H4,25,26,27)/t12-,13-,14-,18-/m0/s1. The summed E-state index contributed by atoms with van der Waals surface area (Å²) in [5, 5.41) is 30.0. The second-order valence-corrected chi connectivity index (χ2v) is 9.41. The predicted molar refractivity (Wildman–Crippen MR) is 145 cm³/mol. The summed E-state index contributed by atoms with van der Waals surface area (Å²) in [4.78, 5) is 87.9. The molecule has 4 atom stereocenters. The highest BCUT2D eigenvalue weighted by Gasteiger charge is 2.28. The van der Waals surface area contributed by atoms with Crippen LogP contribution < -0.4 is 43.8 Å². The van der Waals surface area contributed by atoms with Gasteiger partial charge in [0.15, 0.2) is 5.96 Å². The largest absolute Gasteiger partial charge is 0.481 e. The number of nitrogens with two attached hydrogens (primary N) is 3. The molecule has 0 spiro atoms. The number of carboxylic acids is 2. The minimum Gasteiger partial charge on any atom is -0.481 e. The van der Waals surface area contributed by atoms with Crippen molar-refractivity contribution in [3.05, 3.63) is 0 Å². The second-order valence-electron chi connectivity index (χ2n) is 9.41. The summed E-state index contributed by atoms with van der Waals surface area (Å²) in [6, 6.07) is -4.71. The zero-order valence-corrected chi connectivity index (χ0v) is 23.3. The first-order chi connectivity index (χ1) is 19.0. The molecule has 232 valence electrons. The van der Waals surface area contributed by atoms with E-state index in [9.17, 15) is 38.7 Å². The molecule has 5 amide bonds. The van der Waals surface area contributed by atoms with E-state index in [1.165, 1.54) is 6.92 Å². The molecule has 13 N–H and O–H groups in total. The van der Waals surface area contributed by atoms with Gasteiger partial charge in [-0.15, -0.1) is 0 Å². The number of guanidine groups is 1. The molecule has 0 bridgehead atoms. The summed E-state index contributed by atoms with van der Waals surface area (Å²) in [6.07, 6.45) is -0.725. The van der Waals surface area contributed by atoms with Gasteiger partial charge in [0, 0.05) is 13.0 Å². The Hall–Kier alpha value is -4.48. The van der Waals surface area contributed by atoms with Gasteiger partial charge in [-0.25, -0.2) is 4.79 Å². The number of aliphatic carboxylic acids is 2. The molecule has 0 aromatic rings. The fourth-order valence-corrected chi connectivity index (χ4v) is 3.18. The van der Waals surface area contributed by atoms with Crippen molar-refractivity contribution in [3.8, 4) is 0 Å². The van der Waals surface area contributed by atoms with Gasteiger partial charge in [0.05, 0.1) is 19.1 Å². The van der Waals surface area contributed by atoms with E-state index < -0.39 is 91.1 Å². The topological polar surface area (TPSA) is 311 Å². The van der Waals surface area contributed by atoms with Crippen LogP contribution in [0.5, 0.6) is 0 Å². The Morgan fingerprint density at radius 3 is 1.80 bits per heavy atom. The molecule has 0 saturated carbocycles. The lowest BCUT2D eigenvalue weighted by Gasteiger charge is -2.23. The Labute approximate surface area is 236 Å². The van der Waals surface area contributed by atoms with Crippen LogP contribution in [0.4, 0.5) is 0 Å². The summed E-state index contributed by atoms with van der Waals surface area (Å²) in [6.45, 7) is 3.74. The molecule has 18 nitrogen and oxygen atoms in total. The third-order valence-corrected chi connectivity index (χ3v) is 5.38. The molecule has 0 aliphatic heterocycles. The highest BCUT2D eigenvalue weighted by Crippen LogP contribution is 2.04. The second kappa shape index (κ2) is 18.7. The van der Waals surface area contributed by atoms with Crippen LogP contribution in [0.2, 0.25) is 0 Å². The average molecular weight is 588 g/mol. The van der Waals surface area contributed by atoms with E-state index in [1.54, 1.807) is 13.8 Å². The highest BCUT2D eigenvalue weighted by molar-refractivity contribution is 5.94. The van der Waals surface area contributed by atoms with Crippen LogP contribution in [0.15, 0.2) is 4.99 Å². The monoisotopic (exact) mass is 587 g/mol. The van der Waals surface area contributed by atoms with Crippen LogP contribution in [0.25, 0.3) is 0 Å². The number of carbonyl (C=O) groups excluding carboxylic acids is 5. The number of rotatable bonds is 19. The van der Waals surface area contributed by atoms with E-state index in [1.807, 2.05) is 0 Å². The first-order valence-corrected chi connectivity index (χ1v) is 12.7. The molecular formula is C23H41N9O9. The first kappa shape index (κ1) is 36.5. The number of hydrogen-bond donors (Lipinski definition) is 10. The fourth-order valence-electron chi connectivity index (χ4n) is 3.18. The van der Waals surface area contributed by atoms with Crippen molar-refractivity contribution in [1.82, 2.24) is 26.6 Å². The highest BCUT2D eigenvalue weighted by atomic mass is 16.4. The molecule has 0 unspecified atom stereocenters. The summed E-state index contributed by atoms with van der Waals surface area (Å²) < 4.78 is 0. The van der Waals surface area contributed by atoms with Crippen molar-refractivity contribution in [2.75, 3.05) is 19.6 Å². The van der Waals surface area contributed by atoms with E-state index in [4.69, 9.17) is 22.3 Å². The van der Waals surface area contributed by atoms with E-state index in [0.717, 1.165) is 0 Å². The normalized spacial score (nSPS) is 13.5. The van der Waals surface area contributed by atoms with Crippen LogP contribution in [0.1, 0.15) is 46.5 Å². The van der Waals surface area contributed by atoms with Gasteiger partial charge in [-0.3, -0.25) is 33.8 Å². The zero-order valence-electron chi connectivity index (χ0n) is 23.3. The maximum Gasteiger partial charge on any atom is 0.326 e. The lowest BCUT2D eigenvalue weighted by Crippen LogP contribution is -2.55. The van der Waals surface area contributed by atoms with Gasteiger partial charge in [-0.2, -0.15) is 0 Å². The van der Waals surface area contributed by atoms with Crippen LogP contribution in [-0.2, 0) is 33.6 Å². The van der Waals surface area contributed by atoms with Gasteiger partial charge in [0.1, 0.15) is 18.1 Å². The van der Waals surface area contributed by atoms with Crippen molar-refractivity contribution in [2.24, 2.45) is 28.1 Å². The summed E-state index contributed by atoms with van der Waals surface area (Å²) in [5.74, 6) is -7.01. The summed E-state index contributed by atoms with van der Waals surface area (Å²) >= 11 is 0. The molecule has 0 radical (unpaired) electrons. The van der Waals surface area contributed by atoms with Crippen molar-refractivity contribution >= 4 is 47.4 Å². The van der Waals surface area contributed by atoms with Gasteiger partial charge < -0.3 is 54.0 Å². The van der Waals surface area contributed by atoms with Crippen LogP contribution >= 0.6 is 0 Å². The first-order valence-electron chi connectivity index (χ1n) is 12.7. The SMILES string of the molecule is CC(C)[C@H](NC(=O)CNC(=O)[C@H](C)N)C(=O)NCC(=O)N[C@@H](CCC(=O)O)C(=O)N[C@@H](CCCN=C(N)N)C(=O)O. The minimum atomic E-state index is -1.43. The Morgan fingerprint density at radius 2 is 1.32 bits per heavy atom. The van der Waals surface area contributed by atoms with Gasteiger partial charge in [-0.1, -0.05) is 13.8 Å². The maximum atomic E-state index is 12.7. The molecule has 0 rings (SSSR count). The molecule has 0 saturated heterocycles. The molecule has 18 heteroatoms. The number of aliphatic imine (C=N–C) groups is 1. The number of nitrogens with one attached hydrogen (secondary N) is 5. The van der Waals surface area contributed by atoms with Crippen LogP contribution in [0, 0.1) is 5.92 Å². The maximum absolute atomic E-state index is 12.7. The number of carbonyl (C=O) groups is 7. The van der Waals surface area contributed by atoms with Crippen LogP contribution in [0.3, 0.4) is 0 Å². The van der Waals surface area contributed by atoms with Crippen molar-refractivity contribution < 1.29 is 43.8 Å². The molecule has 41 heavy (non-hydrogen) atoms. The molecular weight excluding hydrogens is 546 g/mol. The number of hydrogen-bond acceptors (Lipinski definition) is 9. The lowest BCUT2D eigenvalue weighted by molar-refractivity contribution is -0.143. The average Bonchev–Trinajstić information content (AvgIpc) is 2.87. The van der Waals surface area contributed by atoms with Crippen molar-refractivity contribution in [3.63, 3.8) is 0 Å². The van der Waals surface area contributed by atoms with Crippen molar-refractivity contribution in [2.45, 2.75) is 70.6 Å². The van der Waals surface area contributed by atoms with Gasteiger partial charge in [0.2, 0.25) is 29.5 Å². The van der Waals surface area contributed by atoms with Gasteiger partial charge >= 0.3 is 11.9 Å². The third kappa shape index (κ3) is 16.3. The Morgan fingerprint density at radius 1 is 0.756 bits per heavy atom. The predicted octanol–water partition coefficient (Wildman–Crippen LogP) is -4.32. The Bertz CT molecular complexity index is 982. The fraction of sp³-hybridized carbons (Fsp3) is 0.652. The quantitative estimate of drug-likeness (QED) is 0.0390. The zero-order chi connectivity index (χ0) is 31.7. The van der Waals surface area contributed by atoms with E-state index in [0.29, 0.717) is 0 Å². The van der Waals surface area contributed by atoms with Gasteiger partial charge in [0.25, 0.3) is 0 Å². The smallest absolute Gasteiger partial charge is 0.326 e. The van der Waals surface area contributed by atoms with E-state index in [2.05, 4.69) is 31.6 Å². The van der Waals surface area contributed by atoms with E-state index in [-0.39, 0.29) is 31.8 Å². The lowest BCUT2D eigenvalue weighted by atomic mass is 10.0. The van der Waals surface area contributed by atoms with Crippen molar-refractivity contribution in [1.29, 1.82) is 0 Å². The Kier molecular flexibility index (Phi) is 16.7. The molecule has 0 aromatic heterocycles. The molecule has 0 aliphatic carbocycles. The molecule has 0 aliphatic rings. The third-order valence-electron chi connectivity index (χ3n) is 5.38. The van der Waals surface area contributed by atoms with Gasteiger partial charge in [-0.05, 0) is 32.1 Å². The molecule has 0 heterocycles. The minimum absolute atomic E-state index is 0.0508. The summed E-state index contributed by atoms with van der Waals surface area (Å²) in [7, 11) is 0. The van der Waals surface area contributed by atoms with Crippen LogP contribution in [-0.4, -0.2) is 101 Å². The van der Waals surface area contributed by atoms with E-state index >= 15 is 0 Å². The number of amides is 5. The number of carboxylic acid groups (broad SMARTS) is 2. The number of nitrogens with zero attached hydrogens (tertiary/aromatic N) is 1. The molecule has 0 aromatic carbocycles. The summed E-state index contributed by atoms with van der Waals surface area (Å²) in [5.41, 5.74) is 15.8.